The first-order valence-electron chi connectivity index (χ1n) is 6.09. The molecule has 2 heterocycles. The number of carbonyl (C=O) groups excluding carboxylic acids is 2. The minimum atomic E-state index is -0.0166. The molecule has 1 aromatic rings. The van der Waals surface area contributed by atoms with Crippen LogP contribution in [-0.2, 0) is 4.79 Å². The summed E-state index contributed by atoms with van der Waals surface area (Å²) in [6, 6.07) is 0.186. The Hall–Kier alpha value is -1.69. The second-order valence-electron chi connectivity index (χ2n) is 4.48. The number of hydrogen-bond donors (Lipinski definition) is 1. The molecule has 1 aromatic heterocycles. The summed E-state index contributed by atoms with van der Waals surface area (Å²) >= 11 is 5.88. The lowest BCUT2D eigenvalue weighted by Crippen LogP contribution is -2.44. The third-order valence-corrected chi connectivity index (χ3v) is 3.44. The highest BCUT2D eigenvalue weighted by molar-refractivity contribution is 6.32. The molecule has 0 aromatic carbocycles. The molecule has 0 atom stereocenters. The highest BCUT2D eigenvalue weighted by Crippen LogP contribution is 2.24. The van der Waals surface area contributed by atoms with Gasteiger partial charge in [-0.1, -0.05) is 11.6 Å². The molecule has 102 valence electrons. The van der Waals surface area contributed by atoms with E-state index in [9.17, 15) is 9.59 Å². The van der Waals surface area contributed by atoms with Gasteiger partial charge in [-0.15, -0.1) is 0 Å². The lowest BCUT2D eigenvalue weighted by atomic mass is 10.0. The molecule has 1 amide bonds. The van der Waals surface area contributed by atoms with E-state index in [4.69, 9.17) is 11.6 Å². The van der Waals surface area contributed by atoms with Crippen LogP contribution < -0.4 is 10.2 Å². The Morgan fingerprint density at radius 1 is 1.47 bits per heavy atom. The maximum absolute atomic E-state index is 11.1. The molecule has 1 fully saturated rings. The van der Waals surface area contributed by atoms with Crippen molar-refractivity contribution in [3.8, 4) is 0 Å². The lowest BCUT2D eigenvalue weighted by molar-refractivity contribution is -0.119. The van der Waals surface area contributed by atoms with Gasteiger partial charge in [-0.25, -0.2) is 9.97 Å². The Bertz CT molecular complexity index is 487. The number of rotatable bonds is 3. The number of halogens is 1. The smallest absolute Gasteiger partial charge is 0.217 e. The highest BCUT2D eigenvalue weighted by atomic mass is 35.5. The molecule has 1 N–H and O–H groups in total. The van der Waals surface area contributed by atoms with Crippen LogP contribution in [0.2, 0.25) is 5.15 Å². The molecule has 0 unspecified atom stereocenters. The number of aromatic nitrogens is 2. The van der Waals surface area contributed by atoms with Crippen molar-refractivity contribution in [1.82, 2.24) is 15.3 Å². The Labute approximate surface area is 116 Å². The van der Waals surface area contributed by atoms with E-state index in [-0.39, 0.29) is 17.1 Å². The van der Waals surface area contributed by atoms with E-state index in [0.29, 0.717) is 17.7 Å². The Kier molecular flexibility index (Phi) is 4.31. The van der Waals surface area contributed by atoms with Crippen LogP contribution in [0.1, 0.15) is 30.1 Å². The molecule has 0 saturated carbocycles. The third-order valence-electron chi connectivity index (χ3n) is 3.13. The van der Waals surface area contributed by atoms with Gasteiger partial charge in [0.2, 0.25) is 5.91 Å². The zero-order valence-corrected chi connectivity index (χ0v) is 11.4. The van der Waals surface area contributed by atoms with Gasteiger partial charge in [0.25, 0.3) is 0 Å². The van der Waals surface area contributed by atoms with E-state index in [1.54, 1.807) is 0 Å². The molecule has 0 bridgehead atoms. The first-order chi connectivity index (χ1) is 9.11. The van der Waals surface area contributed by atoms with E-state index < -0.39 is 0 Å². The summed E-state index contributed by atoms with van der Waals surface area (Å²) in [4.78, 5) is 32.0. The molecule has 6 nitrogen and oxygen atoms in total. The number of nitrogens with one attached hydrogen (secondary N) is 1. The maximum Gasteiger partial charge on any atom is 0.217 e. The summed E-state index contributed by atoms with van der Waals surface area (Å²) in [5.41, 5.74) is 0.321. The van der Waals surface area contributed by atoms with Gasteiger partial charge in [0.1, 0.15) is 17.3 Å². The van der Waals surface area contributed by atoms with Gasteiger partial charge in [-0.2, -0.15) is 0 Å². The molecule has 2 rings (SSSR count). The van der Waals surface area contributed by atoms with E-state index >= 15 is 0 Å². The Balaban J connectivity index is 2.07. The van der Waals surface area contributed by atoms with Gasteiger partial charge >= 0.3 is 0 Å². The first-order valence-corrected chi connectivity index (χ1v) is 6.47. The zero-order valence-electron chi connectivity index (χ0n) is 10.6. The number of nitrogens with zero attached hydrogens (tertiary/aromatic N) is 3. The minimum absolute atomic E-state index is 0.0166. The molecule has 1 aliphatic heterocycles. The topological polar surface area (TPSA) is 75.2 Å². The first kappa shape index (κ1) is 13.7. The predicted molar refractivity (Wildman–Crippen MR) is 71.5 cm³/mol. The fourth-order valence-electron chi connectivity index (χ4n) is 2.24. The van der Waals surface area contributed by atoms with Crippen LogP contribution in [0.5, 0.6) is 0 Å². The molecule has 19 heavy (non-hydrogen) atoms. The van der Waals surface area contributed by atoms with Crippen molar-refractivity contribution in [2.75, 3.05) is 18.0 Å². The van der Waals surface area contributed by atoms with Crippen molar-refractivity contribution >= 4 is 29.6 Å². The maximum atomic E-state index is 11.1. The van der Waals surface area contributed by atoms with Gasteiger partial charge in [0.05, 0.1) is 5.56 Å². The SMILES string of the molecule is CC(=O)NC1CCN(c2ncnc(Cl)c2C=O)CC1. The standard InChI is InChI=1S/C12H15ClN4O2/c1-8(19)16-9-2-4-17(5-3-9)12-10(6-18)11(13)14-7-15-12/h6-7,9H,2-5H2,1H3,(H,16,19). The van der Waals surface area contributed by atoms with Crippen LogP contribution >= 0.6 is 11.6 Å². The molecular weight excluding hydrogens is 268 g/mol. The van der Waals surface area contributed by atoms with E-state index in [1.807, 2.05) is 4.90 Å². The normalized spacial score (nSPS) is 16.2. The fourth-order valence-corrected chi connectivity index (χ4v) is 2.41. The number of aldehydes is 1. The average molecular weight is 283 g/mol. The van der Waals surface area contributed by atoms with Crippen molar-refractivity contribution in [3.05, 3.63) is 17.0 Å². The van der Waals surface area contributed by atoms with E-state index in [1.165, 1.54) is 13.3 Å². The summed E-state index contributed by atoms with van der Waals surface area (Å²) in [6.07, 6.45) is 3.67. The summed E-state index contributed by atoms with van der Waals surface area (Å²) in [5, 5.41) is 3.07. The molecule has 1 saturated heterocycles. The van der Waals surface area contributed by atoms with Crippen LogP contribution in [0.25, 0.3) is 0 Å². The molecule has 1 aliphatic rings. The monoisotopic (exact) mass is 282 g/mol. The second kappa shape index (κ2) is 5.97. The number of hydrogen-bond acceptors (Lipinski definition) is 5. The van der Waals surface area contributed by atoms with Gasteiger partial charge in [0.15, 0.2) is 6.29 Å². The van der Waals surface area contributed by atoms with Crippen molar-refractivity contribution in [1.29, 1.82) is 0 Å². The van der Waals surface area contributed by atoms with Gasteiger partial charge in [-0.05, 0) is 12.8 Å². The summed E-state index contributed by atoms with van der Waals surface area (Å²) in [6.45, 7) is 2.96. The summed E-state index contributed by atoms with van der Waals surface area (Å²) in [7, 11) is 0. The molecule has 0 radical (unpaired) electrons. The van der Waals surface area contributed by atoms with Crippen LogP contribution in [0.3, 0.4) is 0 Å². The Morgan fingerprint density at radius 2 is 2.16 bits per heavy atom. The van der Waals surface area contributed by atoms with Crippen LogP contribution in [0, 0.1) is 0 Å². The molecular formula is C12H15ClN4O2. The third kappa shape index (κ3) is 3.20. The van der Waals surface area contributed by atoms with Gasteiger partial charge in [-0.3, -0.25) is 9.59 Å². The average Bonchev–Trinajstić information content (AvgIpc) is 2.38. The lowest BCUT2D eigenvalue weighted by Gasteiger charge is -2.33. The second-order valence-corrected chi connectivity index (χ2v) is 4.84. The van der Waals surface area contributed by atoms with Crippen LogP contribution in [0.15, 0.2) is 6.33 Å². The molecule has 0 spiro atoms. The number of carbonyl (C=O) groups is 2. The van der Waals surface area contributed by atoms with Crippen molar-refractivity contribution in [3.63, 3.8) is 0 Å². The minimum Gasteiger partial charge on any atom is -0.356 e. The van der Waals surface area contributed by atoms with Crippen molar-refractivity contribution in [2.24, 2.45) is 0 Å². The Morgan fingerprint density at radius 3 is 2.74 bits per heavy atom. The fraction of sp³-hybridized carbons (Fsp3) is 0.500. The van der Waals surface area contributed by atoms with Gasteiger partial charge < -0.3 is 10.2 Å². The van der Waals surface area contributed by atoms with Crippen LogP contribution in [-0.4, -0.2) is 41.3 Å². The van der Waals surface area contributed by atoms with Crippen LogP contribution in [0.4, 0.5) is 5.82 Å². The van der Waals surface area contributed by atoms with E-state index in [2.05, 4.69) is 15.3 Å². The summed E-state index contributed by atoms with van der Waals surface area (Å²) < 4.78 is 0. The summed E-state index contributed by atoms with van der Waals surface area (Å²) in [5.74, 6) is 0.549. The molecule has 0 aliphatic carbocycles. The number of piperidine rings is 1. The zero-order chi connectivity index (χ0) is 13.8. The predicted octanol–water partition coefficient (Wildman–Crippen LogP) is 1.05. The van der Waals surface area contributed by atoms with E-state index in [0.717, 1.165) is 25.9 Å². The van der Waals surface area contributed by atoms with Gasteiger partial charge in [0, 0.05) is 26.1 Å². The number of amides is 1. The highest BCUT2D eigenvalue weighted by Gasteiger charge is 2.23. The quantitative estimate of drug-likeness (QED) is 0.662. The van der Waals surface area contributed by atoms with Crippen molar-refractivity contribution < 1.29 is 9.59 Å². The molecule has 7 heteroatoms. The number of anilines is 1. The van der Waals surface area contributed by atoms with Crippen molar-refractivity contribution in [2.45, 2.75) is 25.8 Å². The largest absolute Gasteiger partial charge is 0.356 e.